The molecule has 0 radical (unpaired) electrons. The summed E-state index contributed by atoms with van der Waals surface area (Å²) in [7, 11) is 0. The van der Waals surface area contributed by atoms with Crippen LogP contribution in [0.1, 0.15) is 49.3 Å². The van der Waals surface area contributed by atoms with Gasteiger partial charge in [0.15, 0.2) is 0 Å². The minimum Gasteiger partial charge on any atom is -0.385 e. The Balaban J connectivity index is 1.51. The van der Waals surface area contributed by atoms with Gasteiger partial charge in [-0.3, -0.25) is 0 Å². The van der Waals surface area contributed by atoms with Crippen LogP contribution < -0.4 is 5.32 Å². The molecule has 32 heavy (non-hydrogen) atoms. The Morgan fingerprint density at radius 3 is 2.19 bits per heavy atom. The van der Waals surface area contributed by atoms with Gasteiger partial charge >= 0.3 is 0 Å². The summed E-state index contributed by atoms with van der Waals surface area (Å²) in [5.74, 6) is 0.591. The highest BCUT2D eigenvalue weighted by atomic mass is 14.9. The van der Waals surface area contributed by atoms with Crippen LogP contribution in [0.5, 0.6) is 0 Å². The van der Waals surface area contributed by atoms with Gasteiger partial charge in [-0.25, -0.2) is 0 Å². The van der Waals surface area contributed by atoms with Crippen LogP contribution in [0.3, 0.4) is 0 Å². The van der Waals surface area contributed by atoms with E-state index in [0.717, 1.165) is 31.5 Å². The topological polar surface area (TPSA) is 12.0 Å². The fraction of sp³-hybridized carbons (Fsp3) is 0.290. The van der Waals surface area contributed by atoms with E-state index >= 15 is 0 Å². The summed E-state index contributed by atoms with van der Waals surface area (Å²) < 4.78 is 0. The Kier molecular flexibility index (Phi) is 8.92. The summed E-state index contributed by atoms with van der Waals surface area (Å²) in [6, 6.07) is 28.1. The van der Waals surface area contributed by atoms with E-state index in [1.54, 1.807) is 0 Å². The molecular formula is C31H37N. The van der Waals surface area contributed by atoms with Gasteiger partial charge in [0.2, 0.25) is 0 Å². The molecule has 0 fully saturated rings. The van der Waals surface area contributed by atoms with Crippen LogP contribution in [0.25, 0.3) is 11.1 Å². The summed E-state index contributed by atoms with van der Waals surface area (Å²) in [5, 5.41) is 3.52. The molecule has 1 heteroatoms. The average Bonchev–Trinajstić information content (AvgIpc) is 2.78. The molecule has 0 aliphatic heterocycles. The lowest BCUT2D eigenvalue weighted by molar-refractivity contribution is 0.449. The van der Waals surface area contributed by atoms with Crippen molar-refractivity contribution in [1.29, 1.82) is 0 Å². The van der Waals surface area contributed by atoms with Crippen LogP contribution in [0.2, 0.25) is 0 Å². The Hall–Kier alpha value is -3.06. The first-order chi connectivity index (χ1) is 15.5. The molecule has 0 aliphatic carbocycles. The third-order valence-electron chi connectivity index (χ3n) is 6.01. The summed E-state index contributed by atoms with van der Waals surface area (Å²) in [4.78, 5) is 0. The van der Waals surface area contributed by atoms with Crippen molar-refractivity contribution < 1.29 is 0 Å². The number of aryl methyl sites for hydroxylation is 2. The number of nitrogens with one attached hydrogen (secondary N) is 1. The molecule has 1 nitrogen and oxygen atoms in total. The smallest absolute Gasteiger partial charge is 0.0397 e. The van der Waals surface area contributed by atoms with E-state index in [1.165, 1.54) is 46.2 Å². The molecule has 0 heterocycles. The molecule has 1 atom stereocenters. The Morgan fingerprint density at radius 2 is 1.53 bits per heavy atom. The van der Waals surface area contributed by atoms with Gasteiger partial charge < -0.3 is 5.32 Å². The maximum atomic E-state index is 4.29. The van der Waals surface area contributed by atoms with Crippen molar-refractivity contribution in [3.8, 4) is 11.1 Å². The first-order valence-corrected chi connectivity index (χ1v) is 11.8. The number of hydrogen-bond donors (Lipinski definition) is 1. The molecule has 3 aromatic carbocycles. The standard InChI is InChI=1S/C31H37N/c1-24(2)20-29(22-26(4)32-23-28-12-7-5-8-13-28)15-11-14-27-18-19-31(25(3)21-27)30-16-9-6-10-17-30/h5-10,12-13,16-19,21,29,32H,1,4,11,14-15,20,22-23H2,2-3H3. The average molecular weight is 424 g/mol. The molecule has 3 aromatic rings. The first kappa shape index (κ1) is 23.6. The second kappa shape index (κ2) is 12.1. The van der Waals surface area contributed by atoms with Crippen molar-refractivity contribution in [2.45, 2.75) is 52.5 Å². The van der Waals surface area contributed by atoms with Gasteiger partial charge in [0.25, 0.3) is 0 Å². The van der Waals surface area contributed by atoms with Crippen molar-refractivity contribution in [2.24, 2.45) is 5.92 Å². The van der Waals surface area contributed by atoms with E-state index in [-0.39, 0.29) is 0 Å². The zero-order valence-electron chi connectivity index (χ0n) is 19.7. The zero-order chi connectivity index (χ0) is 22.8. The van der Waals surface area contributed by atoms with Crippen molar-refractivity contribution >= 4 is 0 Å². The number of allylic oxidation sites excluding steroid dienone is 2. The van der Waals surface area contributed by atoms with E-state index in [9.17, 15) is 0 Å². The molecule has 0 spiro atoms. The lowest BCUT2D eigenvalue weighted by Crippen LogP contribution is -2.15. The molecule has 0 bridgehead atoms. The van der Waals surface area contributed by atoms with Gasteiger partial charge in [-0.15, -0.1) is 6.58 Å². The number of benzene rings is 3. The van der Waals surface area contributed by atoms with E-state index in [2.05, 4.69) is 111 Å². The maximum absolute atomic E-state index is 4.29. The Labute approximate surface area is 194 Å². The molecule has 1 N–H and O–H groups in total. The molecule has 3 rings (SSSR count). The summed E-state index contributed by atoms with van der Waals surface area (Å²) in [5.41, 5.74) is 9.08. The molecule has 0 aromatic heterocycles. The quantitative estimate of drug-likeness (QED) is 0.289. The third-order valence-corrected chi connectivity index (χ3v) is 6.01. The first-order valence-electron chi connectivity index (χ1n) is 11.8. The van der Waals surface area contributed by atoms with Crippen molar-refractivity contribution in [1.82, 2.24) is 5.32 Å². The lowest BCUT2D eigenvalue weighted by Gasteiger charge is -2.20. The van der Waals surface area contributed by atoms with Gasteiger partial charge in [0, 0.05) is 12.2 Å². The van der Waals surface area contributed by atoms with Gasteiger partial charge in [-0.2, -0.15) is 0 Å². The summed E-state index contributed by atoms with van der Waals surface area (Å²) in [6.45, 7) is 13.7. The largest absolute Gasteiger partial charge is 0.385 e. The number of hydrogen-bond acceptors (Lipinski definition) is 1. The summed E-state index contributed by atoms with van der Waals surface area (Å²) >= 11 is 0. The molecule has 0 aliphatic rings. The normalized spacial score (nSPS) is 11.7. The monoisotopic (exact) mass is 423 g/mol. The van der Waals surface area contributed by atoms with Crippen LogP contribution in [-0.4, -0.2) is 0 Å². The molecule has 1 unspecified atom stereocenters. The minimum absolute atomic E-state index is 0.591. The second-order valence-electron chi connectivity index (χ2n) is 9.08. The fourth-order valence-electron chi connectivity index (χ4n) is 4.43. The van der Waals surface area contributed by atoms with Crippen LogP contribution in [0.15, 0.2) is 103 Å². The van der Waals surface area contributed by atoms with Gasteiger partial charge in [0.05, 0.1) is 0 Å². The van der Waals surface area contributed by atoms with E-state index in [1.807, 2.05) is 0 Å². The van der Waals surface area contributed by atoms with Crippen molar-refractivity contribution in [3.05, 3.63) is 120 Å². The van der Waals surface area contributed by atoms with Gasteiger partial charge in [-0.05, 0) is 79.7 Å². The SMILES string of the molecule is C=C(C)CC(CCCc1ccc(-c2ccccc2)c(C)c1)CC(=C)NCc1ccccc1. The molecule has 0 saturated heterocycles. The molecule has 0 saturated carbocycles. The van der Waals surface area contributed by atoms with Crippen molar-refractivity contribution in [3.63, 3.8) is 0 Å². The molecule has 166 valence electrons. The Bertz CT molecular complexity index is 1000. The minimum atomic E-state index is 0.591. The second-order valence-corrected chi connectivity index (χ2v) is 9.08. The number of rotatable bonds is 12. The van der Waals surface area contributed by atoms with E-state index < -0.39 is 0 Å². The van der Waals surface area contributed by atoms with Gasteiger partial charge in [-0.1, -0.05) is 91.0 Å². The third kappa shape index (κ3) is 7.57. The van der Waals surface area contributed by atoms with Gasteiger partial charge in [0.1, 0.15) is 0 Å². The van der Waals surface area contributed by atoms with E-state index in [0.29, 0.717) is 5.92 Å². The highest BCUT2D eigenvalue weighted by Gasteiger charge is 2.12. The zero-order valence-corrected chi connectivity index (χ0v) is 19.7. The van der Waals surface area contributed by atoms with E-state index in [4.69, 9.17) is 0 Å². The van der Waals surface area contributed by atoms with Crippen LogP contribution in [0, 0.1) is 12.8 Å². The fourth-order valence-corrected chi connectivity index (χ4v) is 4.43. The predicted octanol–water partition coefficient (Wildman–Crippen LogP) is 8.26. The molecule has 0 amide bonds. The summed E-state index contributed by atoms with van der Waals surface area (Å²) in [6.07, 6.45) is 5.57. The van der Waals surface area contributed by atoms with Crippen LogP contribution in [0.4, 0.5) is 0 Å². The van der Waals surface area contributed by atoms with Crippen LogP contribution in [-0.2, 0) is 13.0 Å². The highest BCUT2D eigenvalue weighted by Crippen LogP contribution is 2.26. The highest BCUT2D eigenvalue weighted by molar-refractivity contribution is 5.67. The molecular weight excluding hydrogens is 386 g/mol. The Morgan fingerprint density at radius 1 is 0.844 bits per heavy atom. The van der Waals surface area contributed by atoms with Crippen LogP contribution >= 0.6 is 0 Å². The lowest BCUT2D eigenvalue weighted by atomic mass is 9.89. The van der Waals surface area contributed by atoms with Crippen molar-refractivity contribution in [2.75, 3.05) is 0 Å². The predicted molar refractivity (Wildman–Crippen MR) is 140 cm³/mol. The maximum Gasteiger partial charge on any atom is 0.0397 e.